The molecule has 0 spiro atoms. The molecule has 84 valence electrons. The van der Waals surface area contributed by atoms with E-state index in [1.54, 1.807) is 0 Å². The van der Waals surface area contributed by atoms with Crippen LogP contribution < -0.4 is 5.73 Å². The molecule has 0 bridgehead atoms. The van der Waals surface area contributed by atoms with Crippen molar-refractivity contribution in [2.24, 2.45) is 11.7 Å². The molecule has 0 aromatic rings. The number of Topliss-reactive ketones (excluding diaryl/α,β-unsaturated/α-hetero) is 1. The number of carbonyl (C=O) groups is 1. The number of nitrogens with two attached hydrogens (primary N) is 1. The quantitative estimate of drug-likeness (QED) is 0.758. The van der Waals surface area contributed by atoms with E-state index in [9.17, 15) is 18.0 Å². The van der Waals surface area contributed by atoms with Crippen molar-refractivity contribution in [1.29, 1.82) is 0 Å². The molecule has 0 amide bonds. The van der Waals surface area contributed by atoms with E-state index >= 15 is 0 Å². The summed E-state index contributed by atoms with van der Waals surface area (Å²) in [5, 5.41) is 0. The number of hydrogen-bond acceptors (Lipinski definition) is 2. The lowest BCUT2D eigenvalue weighted by molar-refractivity contribution is -0.143. The lowest BCUT2D eigenvalue weighted by Gasteiger charge is -2.13. The molecular formula is C9H16F3NO. The zero-order chi connectivity index (χ0) is 11.4. The molecular weight excluding hydrogens is 195 g/mol. The van der Waals surface area contributed by atoms with Gasteiger partial charge in [0.1, 0.15) is 5.78 Å². The number of halogens is 3. The summed E-state index contributed by atoms with van der Waals surface area (Å²) in [4.78, 5) is 11.1. The zero-order valence-corrected chi connectivity index (χ0v) is 8.40. The SMILES string of the molecule is CC(C)CC(N)C(=O)CCC(F)(F)F. The third-order valence-corrected chi connectivity index (χ3v) is 1.79. The maximum absolute atomic E-state index is 11.7. The predicted molar refractivity (Wildman–Crippen MR) is 47.7 cm³/mol. The van der Waals surface area contributed by atoms with Gasteiger partial charge in [-0.1, -0.05) is 13.8 Å². The van der Waals surface area contributed by atoms with E-state index in [1.807, 2.05) is 13.8 Å². The number of alkyl halides is 3. The Morgan fingerprint density at radius 1 is 1.36 bits per heavy atom. The highest BCUT2D eigenvalue weighted by Gasteiger charge is 2.29. The van der Waals surface area contributed by atoms with Crippen LogP contribution >= 0.6 is 0 Å². The summed E-state index contributed by atoms with van der Waals surface area (Å²) in [5.41, 5.74) is 5.43. The molecule has 14 heavy (non-hydrogen) atoms. The van der Waals surface area contributed by atoms with E-state index in [0.29, 0.717) is 6.42 Å². The van der Waals surface area contributed by atoms with Crippen molar-refractivity contribution in [3.05, 3.63) is 0 Å². The average Bonchev–Trinajstić information content (AvgIpc) is 1.97. The molecule has 0 rings (SSSR count). The number of rotatable bonds is 5. The van der Waals surface area contributed by atoms with Crippen molar-refractivity contribution in [1.82, 2.24) is 0 Å². The molecule has 0 heterocycles. The smallest absolute Gasteiger partial charge is 0.322 e. The van der Waals surface area contributed by atoms with Crippen LogP contribution in [0.15, 0.2) is 0 Å². The largest absolute Gasteiger partial charge is 0.389 e. The van der Waals surface area contributed by atoms with Gasteiger partial charge in [0.25, 0.3) is 0 Å². The van der Waals surface area contributed by atoms with Gasteiger partial charge in [-0.3, -0.25) is 4.79 Å². The Bertz CT molecular complexity index is 189. The van der Waals surface area contributed by atoms with Crippen molar-refractivity contribution >= 4 is 5.78 Å². The first-order valence-electron chi connectivity index (χ1n) is 4.57. The van der Waals surface area contributed by atoms with Gasteiger partial charge < -0.3 is 5.73 Å². The summed E-state index contributed by atoms with van der Waals surface area (Å²) < 4.78 is 35.2. The van der Waals surface area contributed by atoms with Gasteiger partial charge in [0, 0.05) is 6.42 Å². The lowest BCUT2D eigenvalue weighted by Crippen LogP contribution is -2.32. The normalized spacial score (nSPS) is 14.5. The molecule has 5 heteroatoms. The van der Waals surface area contributed by atoms with Crippen LogP contribution in [0.25, 0.3) is 0 Å². The number of hydrogen-bond donors (Lipinski definition) is 1. The summed E-state index contributed by atoms with van der Waals surface area (Å²) in [7, 11) is 0. The van der Waals surface area contributed by atoms with E-state index in [2.05, 4.69) is 0 Å². The number of ketones is 1. The van der Waals surface area contributed by atoms with Crippen LogP contribution in [0.1, 0.15) is 33.1 Å². The van der Waals surface area contributed by atoms with Crippen LogP contribution in [-0.4, -0.2) is 18.0 Å². The van der Waals surface area contributed by atoms with Gasteiger partial charge in [0.15, 0.2) is 0 Å². The Kier molecular flexibility index (Phi) is 5.12. The van der Waals surface area contributed by atoms with Crippen molar-refractivity contribution in [2.45, 2.75) is 45.3 Å². The molecule has 0 fully saturated rings. The van der Waals surface area contributed by atoms with Crippen molar-refractivity contribution < 1.29 is 18.0 Å². The van der Waals surface area contributed by atoms with E-state index in [1.165, 1.54) is 0 Å². The fourth-order valence-electron chi connectivity index (χ4n) is 1.09. The van der Waals surface area contributed by atoms with Gasteiger partial charge in [0.05, 0.1) is 12.5 Å². The highest BCUT2D eigenvalue weighted by Crippen LogP contribution is 2.22. The van der Waals surface area contributed by atoms with E-state index in [-0.39, 0.29) is 5.92 Å². The van der Waals surface area contributed by atoms with E-state index in [0.717, 1.165) is 0 Å². The summed E-state index contributed by atoms with van der Waals surface area (Å²) in [6, 6.07) is -0.752. The van der Waals surface area contributed by atoms with Gasteiger partial charge in [0.2, 0.25) is 0 Å². The number of carbonyl (C=O) groups excluding carboxylic acids is 1. The monoisotopic (exact) mass is 211 g/mol. The Balaban J connectivity index is 3.85. The summed E-state index contributed by atoms with van der Waals surface area (Å²) in [5.74, 6) is -0.282. The Hall–Kier alpha value is -0.580. The third kappa shape index (κ3) is 6.88. The molecule has 0 aliphatic carbocycles. The molecule has 2 N–H and O–H groups in total. The van der Waals surface area contributed by atoms with Crippen LogP contribution in [0.2, 0.25) is 0 Å². The minimum Gasteiger partial charge on any atom is -0.322 e. The topological polar surface area (TPSA) is 43.1 Å². The summed E-state index contributed by atoms with van der Waals surface area (Å²) >= 11 is 0. The second kappa shape index (κ2) is 5.34. The molecule has 0 aliphatic rings. The van der Waals surface area contributed by atoms with Crippen LogP contribution in [0.4, 0.5) is 13.2 Å². The molecule has 0 aromatic heterocycles. The molecule has 0 saturated carbocycles. The Morgan fingerprint density at radius 2 is 1.86 bits per heavy atom. The minimum absolute atomic E-state index is 0.222. The van der Waals surface area contributed by atoms with Crippen molar-refractivity contribution in [3.8, 4) is 0 Å². The first-order valence-corrected chi connectivity index (χ1v) is 4.57. The van der Waals surface area contributed by atoms with Crippen molar-refractivity contribution in [3.63, 3.8) is 0 Å². The maximum atomic E-state index is 11.7. The second-order valence-corrected chi connectivity index (χ2v) is 3.82. The molecule has 0 aromatic carbocycles. The Morgan fingerprint density at radius 3 is 2.21 bits per heavy atom. The maximum Gasteiger partial charge on any atom is 0.389 e. The molecule has 0 saturated heterocycles. The Labute approximate surface area is 81.7 Å². The highest BCUT2D eigenvalue weighted by molar-refractivity contribution is 5.83. The molecule has 2 nitrogen and oxygen atoms in total. The molecule has 0 radical (unpaired) electrons. The van der Waals surface area contributed by atoms with Crippen LogP contribution in [0.5, 0.6) is 0 Å². The first-order chi connectivity index (χ1) is 6.22. The van der Waals surface area contributed by atoms with Gasteiger partial charge in [-0.15, -0.1) is 0 Å². The van der Waals surface area contributed by atoms with Gasteiger partial charge >= 0.3 is 6.18 Å². The van der Waals surface area contributed by atoms with Gasteiger partial charge in [-0.25, -0.2) is 0 Å². The van der Waals surface area contributed by atoms with Gasteiger partial charge in [-0.2, -0.15) is 13.2 Å². The predicted octanol–water partition coefficient (Wildman–Crippen LogP) is 2.27. The molecule has 1 atom stereocenters. The van der Waals surface area contributed by atoms with Crippen molar-refractivity contribution in [2.75, 3.05) is 0 Å². The fourth-order valence-corrected chi connectivity index (χ4v) is 1.09. The van der Waals surface area contributed by atoms with E-state index < -0.39 is 30.8 Å². The second-order valence-electron chi connectivity index (χ2n) is 3.82. The lowest BCUT2D eigenvalue weighted by atomic mass is 9.99. The van der Waals surface area contributed by atoms with Crippen LogP contribution in [0, 0.1) is 5.92 Å². The average molecular weight is 211 g/mol. The first kappa shape index (κ1) is 13.4. The zero-order valence-electron chi connectivity index (χ0n) is 8.40. The summed E-state index contributed by atoms with van der Waals surface area (Å²) in [6.45, 7) is 3.74. The highest BCUT2D eigenvalue weighted by atomic mass is 19.4. The van der Waals surface area contributed by atoms with E-state index in [4.69, 9.17) is 5.73 Å². The fraction of sp³-hybridized carbons (Fsp3) is 0.889. The molecule has 0 aliphatic heterocycles. The standard InChI is InChI=1S/C9H16F3NO/c1-6(2)5-7(13)8(14)3-4-9(10,11)12/h6-7H,3-5,13H2,1-2H3. The summed E-state index contributed by atoms with van der Waals surface area (Å²) in [6.07, 6.45) is -5.40. The molecule has 1 unspecified atom stereocenters. The minimum atomic E-state index is -4.27. The van der Waals surface area contributed by atoms with Gasteiger partial charge in [-0.05, 0) is 12.3 Å². The third-order valence-electron chi connectivity index (χ3n) is 1.79. The van der Waals surface area contributed by atoms with Crippen LogP contribution in [0.3, 0.4) is 0 Å². The van der Waals surface area contributed by atoms with Crippen LogP contribution in [-0.2, 0) is 4.79 Å².